The Morgan fingerprint density at radius 1 is 1.28 bits per heavy atom. The van der Waals surface area contributed by atoms with Crippen LogP contribution in [-0.4, -0.2) is 35.6 Å². The minimum Gasteiger partial charge on any atom is -0.349 e. The number of halogens is 1. The zero-order chi connectivity index (χ0) is 12.5. The van der Waals surface area contributed by atoms with Gasteiger partial charge in [-0.1, -0.05) is 17.7 Å². The van der Waals surface area contributed by atoms with Gasteiger partial charge in [-0.05, 0) is 17.7 Å². The maximum atomic E-state index is 6.25. The molecule has 1 aromatic carbocycles. The van der Waals surface area contributed by atoms with Crippen molar-refractivity contribution in [1.29, 1.82) is 0 Å². The lowest BCUT2D eigenvalue weighted by Crippen LogP contribution is -2.42. The Hall–Kier alpha value is -1.03. The maximum Gasteiger partial charge on any atom is 0.0661 e. The van der Waals surface area contributed by atoms with E-state index in [4.69, 9.17) is 11.6 Å². The van der Waals surface area contributed by atoms with E-state index in [-0.39, 0.29) is 0 Å². The summed E-state index contributed by atoms with van der Waals surface area (Å²) in [6, 6.07) is 6.60. The fourth-order valence-electron chi connectivity index (χ4n) is 2.62. The second-order valence-electron chi connectivity index (χ2n) is 4.97. The van der Waals surface area contributed by atoms with E-state index in [9.17, 15) is 0 Å². The standard InChI is InChI=1S/C14H18ClN3/c1-17-10-13(15)12-8-11(2-3-14(12)17)9-18-6-4-16-5-7-18/h2-3,8,10,16H,4-7,9H2,1H3. The van der Waals surface area contributed by atoms with E-state index in [0.717, 1.165) is 43.1 Å². The number of aromatic nitrogens is 1. The first-order valence-corrected chi connectivity index (χ1v) is 6.78. The van der Waals surface area contributed by atoms with Crippen LogP contribution >= 0.6 is 11.6 Å². The van der Waals surface area contributed by atoms with Gasteiger partial charge in [-0.25, -0.2) is 0 Å². The highest BCUT2D eigenvalue weighted by Crippen LogP contribution is 2.26. The molecule has 18 heavy (non-hydrogen) atoms. The van der Waals surface area contributed by atoms with Gasteiger partial charge in [-0.3, -0.25) is 4.90 Å². The number of benzene rings is 1. The van der Waals surface area contributed by atoms with E-state index >= 15 is 0 Å². The van der Waals surface area contributed by atoms with Crippen molar-refractivity contribution in [2.75, 3.05) is 26.2 Å². The SMILES string of the molecule is Cn1cc(Cl)c2cc(CN3CCNCC3)ccc21. The first-order chi connectivity index (χ1) is 8.74. The van der Waals surface area contributed by atoms with Gasteiger partial charge in [-0.15, -0.1) is 0 Å². The third kappa shape index (κ3) is 2.26. The largest absolute Gasteiger partial charge is 0.349 e. The van der Waals surface area contributed by atoms with E-state index in [0.29, 0.717) is 0 Å². The van der Waals surface area contributed by atoms with Gasteiger partial charge in [0.25, 0.3) is 0 Å². The van der Waals surface area contributed by atoms with Crippen molar-refractivity contribution in [2.24, 2.45) is 7.05 Å². The van der Waals surface area contributed by atoms with Crippen LogP contribution in [0, 0.1) is 0 Å². The molecular formula is C14H18ClN3. The van der Waals surface area contributed by atoms with Gasteiger partial charge in [-0.2, -0.15) is 0 Å². The van der Waals surface area contributed by atoms with Crippen LogP contribution in [0.1, 0.15) is 5.56 Å². The highest BCUT2D eigenvalue weighted by Gasteiger charge is 2.11. The molecule has 0 amide bonds. The normalized spacial score (nSPS) is 17.4. The number of nitrogens with one attached hydrogen (secondary N) is 1. The van der Waals surface area contributed by atoms with Gasteiger partial charge in [0, 0.05) is 56.9 Å². The van der Waals surface area contributed by atoms with Crippen molar-refractivity contribution in [3.8, 4) is 0 Å². The highest BCUT2D eigenvalue weighted by molar-refractivity contribution is 6.35. The van der Waals surface area contributed by atoms with Crippen LogP contribution in [0.15, 0.2) is 24.4 Å². The fraction of sp³-hybridized carbons (Fsp3) is 0.429. The molecule has 0 bridgehead atoms. The van der Waals surface area contributed by atoms with Crippen molar-refractivity contribution in [1.82, 2.24) is 14.8 Å². The predicted octanol–water partition coefficient (Wildman–Crippen LogP) is 2.24. The molecule has 96 valence electrons. The van der Waals surface area contributed by atoms with Crippen LogP contribution in [0.5, 0.6) is 0 Å². The Bertz CT molecular complexity index is 555. The highest BCUT2D eigenvalue weighted by atomic mass is 35.5. The molecule has 1 aliphatic rings. The fourth-order valence-corrected chi connectivity index (χ4v) is 2.91. The van der Waals surface area contributed by atoms with E-state index in [1.54, 1.807) is 0 Å². The van der Waals surface area contributed by atoms with Crippen LogP contribution in [0.25, 0.3) is 10.9 Å². The topological polar surface area (TPSA) is 20.2 Å². The number of aryl methyl sites for hydroxylation is 1. The molecule has 1 N–H and O–H groups in total. The van der Waals surface area contributed by atoms with Crippen molar-refractivity contribution in [2.45, 2.75) is 6.54 Å². The Balaban J connectivity index is 1.86. The van der Waals surface area contributed by atoms with Crippen LogP contribution < -0.4 is 5.32 Å². The molecule has 0 saturated carbocycles. The van der Waals surface area contributed by atoms with Gasteiger partial charge >= 0.3 is 0 Å². The van der Waals surface area contributed by atoms with E-state index in [1.165, 1.54) is 11.1 Å². The number of nitrogens with zero attached hydrogens (tertiary/aromatic N) is 2. The van der Waals surface area contributed by atoms with Crippen molar-refractivity contribution < 1.29 is 0 Å². The van der Waals surface area contributed by atoms with Gasteiger partial charge in [0.2, 0.25) is 0 Å². The Labute approximate surface area is 112 Å². The summed E-state index contributed by atoms with van der Waals surface area (Å²) < 4.78 is 2.08. The average Bonchev–Trinajstić information content (AvgIpc) is 2.66. The number of fused-ring (bicyclic) bond motifs is 1. The summed E-state index contributed by atoms with van der Waals surface area (Å²) in [5.74, 6) is 0. The first-order valence-electron chi connectivity index (χ1n) is 6.40. The molecule has 0 unspecified atom stereocenters. The number of hydrogen-bond acceptors (Lipinski definition) is 2. The van der Waals surface area contributed by atoms with Gasteiger partial charge in [0.05, 0.1) is 5.02 Å². The van der Waals surface area contributed by atoms with Crippen molar-refractivity contribution >= 4 is 22.5 Å². The molecular weight excluding hydrogens is 246 g/mol. The summed E-state index contributed by atoms with van der Waals surface area (Å²) in [6.45, 7) is 5.45. The predicted molar refractivity (Wildman–Crippen MR) is 76.1 cm³/mol. The third-order valence-electron chi connectivity index (χ3n) is 3.62. The minimum absolute atomic E-state index is 0.842. The summed E-state index contributed by atoms with van der Waals surface area (Å²) in [5, 5.41) is 5.38. The third-order valence-corrected chi connectivity index (χ3v) is 3.92. The Morgan fingerprint density at radius 3 is 2.83 bits per heavy atom. The Morgan fingerprint density at radius 2 is 2.06 bits per heavy atom. The quantitative estimate of drug-likeness (QED) is 0.897. The molecule has 0 aliphatic carbocycles. The molecule has 1 aromatic heterocycles. The molecule has 0 spiro atoms. The van der Waals surface area contributed by atoms with Gasteiger partial charge in [0.1, 0.15) is 0 Å². The van der Waals surface area contributed by atoms with Crippen molar-refractivity contribution in [3.63, 3.8) is 0 Å². The monoisotopic (exact) mass is 263 g/mol. The van der Waals surface area contributed by atoms with Crippen LogP contribution in [0.3, 0.4) is 0 Å². The second-order valence-corrected chi connectivity index (χ2v) is 5.37. The molecule has 1 saturated heterocycles. The number of rotatable bonds is 2. The van der Waals surface area contributed by atoms with E-state index in [2.05, 4.69) is 33.0 Å². The van der Waals surface area contributed by atoms with Crippen LogP contribution in [-0.2, 0) is 13.6 Å². The first kappa shape index (κ1) is 12.0. The minimum atomic E-state index is 0.842. The lowest BCUT2D eigenvalue weighted by molar-refractivity contribution is 0.233. The molecule has 4 heteroatoms. The molecule has 0 atom stereocenters. The number of piperazine rings is 1. The maximum absolute atomic E-state index is 6.25. The van der Waals surface area contributed by atoms with Crippen LogP contribution in [0.4, 0.5) is 0 Å². The molecule has 3 nitrogen and oxygen atoms in total. The summed E-state index contributed by atoms with van der Waals surface area (Å²) in [4.78, 5) is 2.48. The summed E-state index contributed by atoms with van der Waals surface area (Å²) >= 11 is 6.25. The van der Waals surface area contributed by atoms with E-state index in [1.807, 2.05) is 13.2 Å². The summed E-state index contributed by atoms with van der Waals surface area (Å²) in [7, 11) is 2.03. The molecule has 1 aliphatic heterocycles. The zero-order valence-electron chi connectivity index (χ0n) is 10.6. The lowest BCUT2D eigenvalue weighted by Gasteiger charge is -2.27. The van der Waals surface area contributed by atoms with Gasteiger partial charge < -0.3 is 9.88 Å². The molecule has 2 aromatic rings. The van der Waals surface area contributed by atoms with Crippen LogP contribution in [0.2, 0.25) is 5.02 Å². The second kappa shape index (κ2) is 4.92. The molecule has 2 heterocycles. The zero-order valence-corrected chi connectivity index (χ0v) is 11.4. The number of hydrogen-bond donors (Lipinski definition) is 1. The molecule has 3 rings (SSSR count). The van der Waals surface area contributed by atoms with Crippen molar-refractivity contribution in [3.05, 3.63) is 35.0 Å². The average molecular weight is 264 g/mol. The Kier molecular flexibility index (Phi) is 3.29. The van der Waals surface area contributed by atoms with E-state index < -0.39 is 0 Å². The van der Waals surface area contributed by atoms with Gasteiger partial charge in [0.15, 0.2) is 0 Å². The summed E-state index contributed by atoms with van der Waals surface area (Å²) in [5.41, 5.74) is 2.54. The molecule has 0 radical (unpaired) electrons. The lowest BCUT2D eigenvalue weighted by atomic mass is 10.1. The smallest absolute Gasteiger partial charge is 0.0661 e. The summed E-state index contributed by atoms with van der Waals surface area (Å²) in [6.07, 6.45) is 1.97. The molecule has 1 fully saturated rings.